The molecule has 1 N–H and O–H groups in total. The molecule has 3 rings (SSSR count). The first-order valence-corrected chi connectivity index (χ1v) is 7.36. The highest BCUT2D eigenvalue weighted by atomic mass is 35.5. The normalized spacial score (nSPS) is 23.0. The van der Waals surface area contributed by atoms with Gasteiger partial charge in [-0.15, -0.1) is 12.4 Å². The highest BCUT2D eigenvalue weighted by Gasteiger charge is 2.38. The van der Waals surface area contributed by atoms with E-state index in [1.54, 1.807) is 14.2 Å². The van der Waals surface area contributed by atoms with Crippen molar-refractivity contribution in [3.8, 4) is 11.5 Å². The molecule has 0 saturated carbocycles. The van der Waals surface area contributed by atoms with Gasteiger partial charge in [-0.05, 0) is 30.9 Å². The Morgan fingerprint density at radius 1 is 1.14 bits per heavy atom. The summed E-state index contributed by atoms with van der Waals surface area (Å²) in [7, 11) is 3.23. The summed E-state index contributed by atoms with van der Waals surface area (Å²) in [6, 6.07) is 3.62. The van der Waals surface area contributed by atoms with Crippen molar-refractivity contribution in [3.05, 3.63) is 23.3 Å². The monoisotopic (exact) mass is 326 g/mol. The van der Waals surface area contributed by atoms with E-state index in [4.69, 9.17) is 9.47 Å². The third kappa shape index (κ3) is 2.88. The highest BCUT2D eigenvalue weighted by Crippen LogP contribution is 2.32. The SMILES string of the molecule is COc1cc(C(=O)N2C[C@H]3CNC[C@H]3C2)cc(OC)c1C.Cl. The summed E-state index contributed by atoms with van der Waals surface area (Å²) in [5.74, 6) is 2.66. The topological polar surface area (TPSA) is 50.8 Å². The second-order valence-electron chi connectivity index (χ2n) is 5.89. The third-order valence-electron chi connectivity index (χ3n) is 4.68. The number of likely N-dealkylation sites (tertiary alicyclic amines) is 1. The zero-order valence-electron chi connectivity index (χ0n) is 13.2. The van der Waals surface area contributed by atoms with Gasteiger partial charge in [-0.1, -0.05) is 0 Å². The molecular weight excluding hydrogens is 304 g/mol. The number of nitrogens with one attached hydrogen (secondary N) is 1. The molecule has 2 heterocycles. The number of ether oxygens (including phenoxy) is 2. The molecule has 122 valence electrons. The third-order valence-corrected chi connectivity index (χ3v) is 4.68. The zero-order chi connectivity index (χ0) is 15.0. The van der Waals surface area contributed by atoms with E-state index in [9.17, 15) is 4.79 Å². The van der Waals surface area contributed by atoms with Crippen LogP contribution in [0.15, 0.2) is 12.1 Å². The highest BCUT2D eigenvalue weighted by molar-refractivity contribution is 5.95. The van der Waals surface area contributed by atoms with Crippen LogP contribution in [0.5, 0.6) is 11.5 Å². The summed E-state index contributed by atoms with van der Waals surface area (Å²) < 4.78 is 10.7. The molecule has 0 radical (unpaired) electrons. The van der Waals surface area contributed by atoms with E-state index in [1.807, 2.05) is 24.0 Å². The average molecular weight is 327 g/mol. The van der Waals surface area contributed by atoms with Gasteiger partial charge in [0.25, 0.3) is 5.91 Å². The lowest BCUT2D eigenvalue weighted by Crippen LogP contribution is -2.31. The number of benzene rings is 1. The van der Waals surface area contributed by atoms with Crippen LogP contribution < -0.4 is 14.8 Å². The van der Waals surface area contributed by atoms with Crippen LogP contribution in [0.1, 0.15) is 15.9 Å². The lowest BCUT2D eigenvalue weighted by molar-refractivity contribution is 0.0781. The molecule has 0 aromatic heterocycles. The molecule has 5 nitrogen and oxygen atoms in total. The zero-order valence-corrected chi connectivity index (χ0v) is 14.0. The molecule has 0 bridgehead atoms. The predicted octanol–water partition coefficient (Wildman–Crippen LogP) is 1.73. The number of rotatable bonds is 3. The van der Waals surface area contributed by atoms with Gasteiger partial charge in [0.05, 0.1) is 14.2 Å². The minimum atomic E-state index is 0. The summed E-state index contributed by atoms with van der Waals surface area (Å²) >= 11 is 0. The van der Waals surface area contributed by atoms with Crippen molar-refractivity contribution in [2.24, 2.45) is 11.8 Å². The Kier molecular flexibility index (Phi) is 5.19. The maximum absolute atomic E-state index is 12.7. The van der Waals surface area contributed by atoms with Gasteiger partial charge in [-0.25, -0.2) is 0 Å². The Bertz CT molecular complexity index is 527. The van der Waals surface area contributed by atoms with E-state index in [0.29, 0.717) is 28.9 Å². The number of nitrogens with zero attached hydrogens (tertiary/aromatic N) is 1. The molecule has 0 spiro atoms. The van der Waals surface area contributed by atoms with E-state index in [1.165, 1.54) is 0 Å². The molecule has 1 aromatic rings. The molecule has 1 amide bonds. The lowest BCUT2D eigenvalue weighted by atomic mass is 10.0. The number of methoxy groups -OCH3 is 2. The van der Waals surface area contributed by atoms with Gasteiger partial charge in [-0.3, -0.25) is 4.79 Å². The van der Waals surface area contributed by atoms with Crippen molar-refractivity contribution in [2.75, 3.05) is 40.4 Å². The number of carbonyl (C=O) groups is 1. The lowest BCUT2D eigenvalue weighted by Gasteiger charge is -2.19. The maximum atomic E-state index is 12.7. The Morgan fingerprint density at radius 3 is 2.09 bits per heavy atom. The van der Waals surface area contributed by atoms with E-state index < -0.39 is 0 Å². The first kappa shape index (κ1) is 16.9. The van der Waals surface area contributed by atoms with Crippen LogP contribution in [0.2, 0.25) is 0 Å². The van der Waals surface area contributed by atoms with Gasteiger partial charge in [0.1, 0.15) is 11.5 Å². The van der Waals surface area contributed by atoms with Crippen LogP contribution in [-0.4, -0.2) is 51.2 Å². The summed E-state index contributed by atoms with van der Waals surface area (Å²) in [5.41, 5.74) is 1.56. The Balaban J connectivity index is 0.00000176. The minimum absolute atomic E-state index is 0. The molecule has 0 aliphatic carbocycles. The van der Waals surface area contributed by atoms with Gasteiger partial charge in [0, 0.05) is 37.3 Å². The molecule has 2 aliphatic heterocycles. The Hall–Kier alpha value is -1.46. The fraction of sp³-hybridized carbons (Fsp3) is 0.562. The minimum Gasteiger partial charge on any atom is -0.496 e. The van der Waals surface area contributed by atoms with Crippen molar-refractivity contribution < 1.29 is 14.3 Å². The van der Waals surface area contributed by atoms with Gasteiger partial charge in [0.15, 0.2) is 0 Å². The molecule has 1 aromatic carbocycles. The fourth-order valence-electron chi connectivity index (χ4n) is 3.41. The van der Waals surface area contributed by atoms with Crippen LogP contribution in [-0.2, 0) is 0 Å². The number of hydrogen-bond acceptors (Lipinski definition) is 4. The standard InChI is InChI=1S/C16H22N2O3.ClH/c1-10-14(20-2)4-11(5-15(10)21-3)16(19)18-8-12-6-17-7-13(12)9-18;/h4-5,12-13,17H,6-9H2,1-3H3;1H/t12-,13+;. The maximum Gasteiger partial charge on any atom is 0.254 e. The number of carbonyl (C=O) groups excluding carboxylic acids is 1. The molecule has 2 atom stereocenters. The smallest absolute Gasteiger partial charge is 0.254 e. The summed E-state index contributed by atoms with van der Waals surface area (Å²) in [4.78, 5) is 14.7. The van der Waals surface area contributed by atoms with Crippen LogP contribution >= 0.6 is 12.4 Å². The van der Waals surface area contributed by atoms with Crippen molar-refractivity contribution in [1.29, 1.82) is 0 Å². The molecule has 22 heavy (non-hydrogen) atoms. The summed E-state index contributed by atoms with van der Waals surface area (Å²) in [5, 5.41) is 3.39. The van der Waals surface area contributed by atoms with Crippen LogP contribution in [0.4, 0.5) is 0 Å². The molecule has 0 unspecified atom stereocenters. The fourth-order valence-corrected chi connectivity index (χ4v) is 3.41. The second-order valence-corrected chi connectivity index (χ2v) is 5.89. The van der Waals surface area contributed by atoms with Gasteiger partial charge in [-0.2, -0.15) is 0 Å². The van der Waals surface area contributed by atoms with Gasteiger partial charge >= 0.3 is 0 Å². The molecule has 2 aliphatic rings. The first-order valence-electron chi connectivity index (χ1n) is 7.36. The van der Waals surface area contributed by atoms with Crippen molar-refractivity contribution in [1.82, 2.24) is 10.2 Å². The number of fused-ring (bicyclic) bond motifs is 1. The molecule has 2 fully saturated rings. The van der Waals surface area contributed by atoms with Crippen molar-refractivity contribution in [2.45, 2.75) is 6.92 Å². The van der Waals surface area contributed by atoms with E-state index in [-0.39, 0.29) is 18.3 Å². The van der Waals surface area contributed by atoms with E-state index in [2.05, 4.69) is 5.32 Å². The van der Waals surface area contributed by atoms with Crippen LogP contribution in [0.3, 0.4) is 0 Å². The number of halogens is 1. The number of amides is 1. The van der Waals surface area contributed by atoms with E-state index in [0.717, 1.165) is 31.7 Å². The summed E-state index contributed by atoms with van der Waals surface area (Å²) in [6.07, 6.45) is 0. The van der Waals surface area contributed by atoms with Crippen LogP contribution in [0, 0.1) is 18.8 Å². The first-order chi connectivity index (χ1) is 10.1. The van der Waals surface area contributed by atoms with Crippen LogP contribution in [0.25, 0.3) is 0 Å². The average Bonchev–Trinajstić information content (AvgIpc) is 3.08. The van der Waals surface area contributed by atoms with Gasteiger partial charge < -0.3 is 19.7 Å². The molecule has 6 heteroatoms. The van der Waals surface area contributed by atoms with Crippen molar-refractivity contribution in [3.63, 3.8) is 0 Å². The number of hydrogen-bond donors (Lipinski definition) is 1. The molecule has 2 saturated heterocycles. The predicted molar refractivity (Wildman–Crippen MR) is 87.3 cm³/mol. The van der Waals surface area contributed by atoms with Crippen molar-refractivity contribution >= 4 is 18.3 Å². The largest absolute Gasteiger partial charge is 0.496 e. The quantitative estimate of drug-likeness (QED) is 0.919. The van der Waals surface area contributed by atoms with E-state index >= 15 is 0 Å². The second kappa shape index (κ2) is 6.75. The molecular formula is C16H23ClN2O3. The van der Waals surface area contributed by atoms with Gasteiger partial charge in [0.2, 0.25) is 0 Å². The Morgan fingerprint density at radius 2 is 1.64 bits per heavy atom. The summed E-state index contributed by atoms with van der Waals surface area (Å²) in [6.45, 7) is 5.66. The Labute approximate surface area is 137 Å².